The molecule has 0 saturated heterocycles. The van der Waals surface area contributed by atoms with Gasteiger partial charge in [-0.2, -0.15) is 0 Å². The number of rotatable bonds is 7. The topological polar surface area (TPSA) is 57.2 Å². The maximum atomic E-state index is 12.5. The molecule has 0 aliphatic carbocycles. The van der Waals surface area contributed by atoms with Crippen molar-refractivity contribution in [3.63, 3.8) is 0 Å². The van der Waals surface area contributed by atoms with Crippen molar-refractivity contribution in [2.24, 2.45) is 4.99 Å². The molecule has 29 heavy (non-hydrogen) atoms. The lowest BCUT2D eigenvalue weighted by Crippen LogP contribution is -2.39. The predicted molar refractivity (Wildman–Crippen MR) is 116 cm³/mol. The zero-order chi connectivity index (χ0) is 20.6. The minimum absolute atomic E-state index is 0.213. The lowest BCUT2D eigenvalue weighted by Gasteiger charge is -2.22. The van der Waals surface area contributed by atoms with E-state index in [-0.39, 0.29) is 5.91 Å². The van der Waals surface area contributed by atoms with Crippen molar-refractivity contribution in [1.29, 1.82) is 0 Å². The Balaban J connectivity index is 1.40. The Bertz CT molecular complexity index is 823. The van der Waals surface area contributed by atoms with Crippen LogP contribution in [-0.2, 0) is 24.4 Å². The maximum Gasteiger partial charge on any atom is 0.223 e. The van der Waals surface area contributed by atoms with E-state index in [0.717, 1.165) is 37.8 Å². The number of ether oxygens (including phenoxy) is 1. The monoisotopic (exact) mass is 394 g/mol. The molecule has 6 heteroatoms. The second-order valence-electron chi connectivity index (χ2n) is 7.30. The van der Waals surface area contributed by atoms with Gasteiger partial charge in [0.15, 0.2) is 5.96 Å². The van der Waals surface area contributed by atoms with Gasteiger partial charge in [0.25, 0.3) is 0 Å². The Morgan fingerprint density at radius 3 is 2.38 bits per heavy atom. The number of fused-ring (bicyclic) bond motifs is 1. The van der Waals surface area contributed by atoms with Gasteiger partial charge in [0, 0.05) is 46.7 Å². The number of benzene rings is 2. The summed E-state index contributed by atoms with van der Waals surface area (Å²) in [5.74, 6) is 1.89. The van der Waals surface area contributed by atoms with Crippen LogP contribution in [0.15, 0.2) is 53.5 Å². The van der Waals surface area contributed by atoms with Crippen molar-refractivity contribution >= 4 is 11.9 Å². The van der Waals surface area contributed by atoms with Crippen molar-refractivity contribution < 1.29 is 9.53 Å². The molecule has 0 radical (unpaired) electrons. The Morgan fingerprint density at radius 2 is 1.79 bits per heavy atom. The van der Waals surface area contributed by atoms with Crippen LogP contribution < -0.4 is 10.1 Å². The SMILES string of the molecule is CN=C(NCCCC(=O)N1Cc2ccccc2C1)N(C)Cc1ccc(OC)cc1. The number of guanidine groups is 1. The van der Waals surface area contributed by atoms with Crippen LogP contribution >= 0.6 is 0 Å². The molecule has 1 heterocycles. The first-order valence-corrected chi connectivity index (χ1v) is 10.00. The lowest BCUT2D eigenvalue weighted by molar-refractivity contribution is -0.131. The number of amides is 1. The highest BCUT2D eigenvalue weighted by molar-refractivity contribution is 5.80. The molecule has 0 fully saturated rings. The Kier molecular flexibility index (Phi) is 7.11. The van der Waals surface area contributed by atoms with E-state index in [2.05, 4.69) is 39.5 Å². The van der Waals surface area contributed by atoms with Crippen molar-refractivity contribution in [2.75, 3.05) is 27.7 Å². The van der Waals surface area contributed by atoms with Crippen molar-refractivity contribution in [2.45, 2.75) is 32.5 Å². The summed E-state index contributed by atoms with van der Waals surface area (Å²) in [6.07, 6.45) is 1.32. The van der Waals surface area contributed by atoms with E-state index in [1.807, 2.05) is 36.2 Å². The number of methoxy groups -OCH3 is 1. The molecule has 0 aromatic heterocycles. The van der Waals surface area contributed by atoms with Gasteiger partial charge in [0.05, 0.1) is 7.11 Å². The molecule has 1 amide bonds. The average Bonchev–Trinajstić information content (AvgIpc) is 3.18. The van der Waals surface area contributed by atoms with Crippen LogP contribution in [-0.4, -0.2) is 49.4 Å². The van der Waals surface area contributed by atoms with Crippen LogP contribution in [0.25, 0.3) is 0 Å². The third-order valence-corrected chi connectivity index (χ3v) is 5.20. The summed E-state index contributed by atoms with van der Waals surface area (Å²) in [6.45, 7) is 2.92. The number of nitrogens with one attached hydrogen (secondary N) is 1. The minimum atomic E-state index is 0.213. The van der Waals surface area contributed by atoms with E-state index < -0.39 is 0 Å². The molecule has 0 unspecified atom stereocenters. The van der Waals surface area contributed by atoms with Gasteiger partial charge >= 0.3 is 0 Å². The number of nitrogens with zero attached hydrogens (tertiary/aromatic N) is 3. The van der Waals surface area contributed by atoms with E-state index in [9.17, 15) is 4.79 Å². The minimum Gasteiger partial charge on any atom is -0.497 e. The number of hydrogen-bond donors (Lipinski definition) is 1. The fraction of sp³-hybridized carbons (Fsp3) is 0.391. The fourth-order valence-electron chi connectivity index (χ4n) is 3.57. The van der Waals surface area contributed by atoms with Gasteiger partial charge in [-0.25, -0.2) is 0 Å². The van der Waals surface area contributed by atoms with Crippen LogP contribution in [0.4, 0.5) is 0 Å². The van der Waals surface area contributed by atoms with Gasteiger partial charge in [-0.15, -0.1) is 0 Å². The number of carbonyl (C=O) groups excluding carboxylic acids is 1. The molecule has 0 atom stereocenters. The van der Waals surface area contributed by atoms with E-state index in [1.54, 1.807) is 14.2 Å². The van der Waals surface area contributed by atoms with Crippen LogP contribution in [0.5, 0.6) is 5.75 Å². The van der Waals surface area contributed by atoms with E-state index in [1.165, 1.54) is 16.7 Å². The molecule has 0 saturated carbocycles. The van der Waals surface area contributed by atoms with Gasteiger partial charge in [-0.1, -0.05) is 36.4 Å². The first-order chi connectivity index (χ1) is 14.1. The van der Waals surface area contributed by atoms with Gasteiger partial charge < -0.3 is 19.9 Å². The highest BCUT2D eigenvalue weighted by Gasteiger charge is 2.22. The van der Waals surface area contributed by atoms with Gasteiger partial charge in [0.2, 0.25) is 5.91 Å². The molecule has 1 N–H and O–H groups in total. The molecule has 1 aliphatic heterocycles. The maximum absolute atomic E-state index is 12.5. The zero-order valence-electron chi connectivity index (χ0n) is 17.5. The molecular weight excluding hydrogens is 364 g/mol. The molecule has 3 rings (SSSR count). The van der Waals surface area contributed by atoms with Crippen LogP contribution in [0.3, 0.4) is 0 Å². The van der Waals surface area contributed by atoms with Gasteiger partial charge in [-0.3, -0.25) is 9.79 Å². The summed E-state index contributed by atoms with van der Waals surface area (Å²) < 4.78 is 5.20. The smallest absolute Gasteiger partial charge is 0.223 e. The van der Waals surface area contributed by atoms with Gasteiger partial charge in [0.1, 0.15) is 5.75 Å². The fourth-order valence-corrected chi connectivity index (χ4v) is 3.57. The van der Waals surface area contributed by atoms with E-state index in [4.69, 9.17) is 4.74 Å². The highest BCUT2D eigenvalue weighted by Crippen LogP contribution is 2.22. The molecule has 0 bridgehead atoms. The molecule has 6 nitrogen and oxygen atoms in total. The highest BCUT2D eigenvalue weighted by atomic mass is 16.5. The second kappa shape index (κ2) is 9.96. The van der Waals surface area contributed by atoms with Crippen LogP contribution in [0.1, 0.15) is 29.5 Å². The summed E-state index contributed by atoms with van der Waals surface area (Å²) in [5.41, 5.74) is 3.71. The first kappa shape index (κ1) is 20.7. The van der Waals surface area contributed by atoms with Gasteiger partial charge in [-0.05, 0) is 35.2 Å². The van der Waals surface area contributed by atoms with Crippen molar-refractivity contribution in [3.8, 4) is 5.75 Å². The molecule has 2 aromatic carbocycles. The average molecular weight is 395 g/mol. The summed E-state index contributed by atoms with van der Waals surface area (Å²) in [7, 11) is 5.45. The van der Waals surface area contributed by atoms with Crippen LogP contribution in [0, 0.1) is 0 Å². The number of hydrogen-bond acceptors (Lipinski definition) is 3. The largest absolute Gasteiger partial charge is 0.497 e. The van der Waals surface area contributed by atoms with E-state index in [0.29, 0.717) is 13.0 Å². The summed E-state index contributed by atoms with van der Waals surface area (Å²) in [6, 6.07) is 16.3. The predicted octanol–water partition coefficient (Wildman–Crippen LogP) is 3.03. The summed E-state index contributed by atoms with van der Waals surface area (Å²) in [5, 5.41) is 3.36. The molecule has 0 spiro atoms. The molecular formula is C23H30N4O2. The molecule has 1 aliphatic rings. The van der Waals surface area contributed by atoms with E-state index >= 15 is 0 Å². The Hall–Kier alpha value is -3.02. The lowest BCUT2D eigenvalue weighted by atomic mass is 10.1. The number of aliphatic imine (C=N–C) groups is 1. The third-order valence-electron chi connectivity index (χ3n) is 5.20. The normalized spacial score (nSPS) is 13.2. The first-order valence-electron chi connectivity index (χ1n) is 10.00. The van der Waals surface area contributed by atoms with Crippen molar-refractivity contribution in [3.05, 3.63) is 65.2 Å². The summed E-state index contributed by atoms with van der Waals surface area (Å²) in [4.78, 5) is 20.9. The molecule has 2 aromatic rings. The second-order valence-corrected chi connectivity index (χ2v) is 7.30. The third kappa shape index (κ3) is 5.50. The Labute approximate surface area is 173 Å². The standard InChI is InChI=1S/C23H30N4O2/c1-24-23(26(2)15-18-10-12-21(29-3)13-11-18)25-14-6-9-22(28)27-16-19-7-4-5-8-20(19)17-27/h4-5,7-8,10-13H,6,9,14-17H2,1-3H3,(H,24,25). The quantitative estimate of drug-likeness (QED) is 0.446. The zero-order valence-corrected chi connectivity index (χ0v) is 17.5. The summed E-state index contributed by atoms with van der Waals surface area (Å²) >= 11 is 0. The van der Waals surface area contributed by atoms with Crippen molar-refractivity contribution in [1.82, 2.24) is 15.1 Å². The molecule has 154 valence electrons. The van der Waals surface area contributed by atoms with Crippen LogP contribution in [0.2, 0.25) is 0 Å². The number of carbonyl (C=O) groups is 1. The Morgan fingerprint density at radius 1 is 1.14 bits per heavy atom.